The number of rotatable bonds is 0. The lowest BCUT2D eigenvalue weighted by Crippen LogP contribution is -1.89. The van der Waals surface area contributed by atoms with Crippen molar-refractivity contribution in [1.29, 1.82) is 0 Å². The molecule has 2 aromatic rings. The molecule has 1 aromatic carbocycles. The number of benzene rings is 1. The zero-order valence-corrected chi connectivity index (χ0v) is 10.7. The van der Waals surface area contributed by atoms with E-state index in [0.717, 1.165) is 0 Å². The molecule has 2 rings (SSSR count). The summed E-state index contributed by atoms with van der Waals surface area (Å²) in [5.41, 5.74) is 1.10. The zero-order chi connectivity index (χ0) is 11.2. The maximum Gasteiger partial charge on any atom is 0.139 e. The summed E-state index contributed by atoms with van der Waals surface area (Å²) in [5, 5.41) is 1.45. The van der Waals surface area contributed by atoms with E-state index in [0.29, 0.717) is 31.1 Å². The Balaban J connectivity index is 2.93. The molecule has 15 heavy (non-hydrogen) atoms. The van der Waals surface area contributed by atoms with Crippen molar-refractivity contribution in [2.24, 2.45) is 0 Å². The van der Waals surface area contributed by atoms with Crippen LogP contribution in [0.15, 0.2) is 16.6 Å². The molecule has 0 saturated carbocycles. The molecule has 0 bridgehead atoms. The second-order valence-electron chi connectivity index (χ2n) is 3.11. The van der Waals surface area contributed by atoms with Gasteiger partial charge < -0.3 is 0 Å². The van der Waals surface area contributed by atoms with Gasteiger partial charge in [0, 0.05) is 11.5 Å². The molecule has 0 unspecified atom stereocenters. The Labute approximate surface area is 104 Å². The fourth-order valence-corrected chi connectivity index (χ4v) is 2.09. The van der Waals surface area contributed by atoms with Crippen molar-refractivity contribution in [2.75, 3.05) is 0 Å². The van der Waals surface area contributed by atoms with Crippen molar-refractivity contribution in [1.82, 2.24) is 4.98 Å². The van der Waals surface area contributed by atoms with Crippen LogP contribution < -0.4 is 0 Å². The SMILES string of the molecule is Cc1nc2cc(F)c(Br)cc2c(Cl)c1Cl. The highest BCUT2D eigenvalue weighted by molar-refractivity contribution is 9.10. The van der Waals surface area contributed by atoms with Gasteiger partial charge in [-0.2, -0.15) is 0 Å². The average Bonchev–Trinajstić information content (AvgIpc) is 2.19. The minimum absolute atomic E-state index is 0.346. The molecule has 78 valence electrons. The molecule has 0 amide bonds. The van der Waals surface area contributed by atoms with Crippen molar-refractivity contribution in [3.8, 4) is 0 Å². The molecule has 5 heteroatoms. The Morgan fingerprint density at radius 2 is 1.93 bits per heavy atom. The lowest BCUT2D eigenvalue weighted by molar-refractivity contribution is 0.623. The van der Waals surface area contributed by atoms with E-state index >= 15 is 0 Å². The third-order valence-corrected chi connectivity index (χ3v) is 3.63. The highest BCUT2D eigenvalue weighted by atomic mass is 79.9. The van der Waals surface area contributed by atoms with Gasteiger partial charge in [0.25, 0.3) is 0 Å². The van der Waals surface area contributed by atoms with Gasteiger partial charge in [0.2, 0.25) is 0 Å². The molecule has 0 aliphatic carbocycles. The summed E-state index contributed by atoms with van der Waals surface area (Å²) in [6.45, 7) is 1.73. The van der Waals surface area contributed by atoms with Gasteiger partial charge in [-0.25, -0.2) is 4.39 Å². The maximum absolute atomic E-state index is 13.2. The summed E-state index contributed by atoms with van der Waals surface area (Å²) in [7, 11) is 0. The van der Waals surface area contributed by atoms with E-state index in [1.54, 1.807) is 13.0 Å². The van der Waals surface area contributed by atoms with Crippen LogP contribution in [0.5, 0.6) is 0 Å². The van der Waals surface area contributed by atoms with Crippen molar-refractivity contribution in [2.45, 2.75) is 6.92 Å². The summed E-state index contributed by atoms with van der Waals surface area (Å²) in [4.78, 5) is 4.16. The first-order valence-electron chi connectivity index (χ1n) is 4.11. The summed E-state index contributed by atoms with van der Waals surface area (Å²) in [6.07, 6.45) is 0. The quantitative estimate of drug-likeness (QED) is 0.684. The first-order valence-corrected chi connectivity index (χ1v) is 5.66. The summed E-state index contributed by atoms with van der Waals surface area (Å²) in [5.74, 6) is -0.368. The standard InChI is InChI=1S/C10H5BrCl2FN/c1-4-9(12)10(13)5-2-6(11)7(14)3-8(5)15-4/h2-3H,1H3. The van der Waals surface area contributed by atoms with Gasteiger partial charge in [0.1, 0.15) is 5.82 Å². The van der Waals surface area contributed by atoms with Crippen LogP contribution in [0.25, 0.3) is 10.9 Å². The van der Waals surface area contributed by atoms with Crippen LogP contribution in [0.4, 0.5) is 4.39 Å². The Bertz CT molecular complexity index is 552. The highest BCUT2D eigenvalue weighted by Crippen LogP contribution is 2.34. The lowest BCUT2D eigenvalue weighted by atomic mass is 10.2. The first kappa shape index (κ1) is 11.1. The Morgan fingerprint density at radius 1 is 1.27 bits per heavy atom. The normalized spacial score (nSPS) is 11.0. The van der Waals surface area contributed by atoms with Gasteiger partial charge in [0.15, 0.2) is 0 Å². The van der Waals surface area contributed by atoms with E-state index in [-0.39, 0.29) is 5.82 Å². The van der Waals surface area contributed by atoms with Crippen LogP contribution in [0.1, 0.15) is 5.69 Å². The largest absolute Gasteiger partial charge is 0.251 e. The van der Waals surface area contributed by atoms with Crippen molar-refractivity contribution in [3.05, 3.63) is 38.2 Å². The second-order valence-corrected chi connectivity index (χ2v) is 4.72. The first-order chi connectivity index (χ1) is 7.00. The maximum atomic E-state index is 13.2. The van der Waals surface area contributed by atoms with Gasteiger partial charge in [-0.05, 0) is 28.9 Å². The topological polar surface area (TPSA) is 12.9 Å². The van der Waals surface area contributed by atoms with Gasteiger partial charge >= 0.3 is 0 Å². The number of aryl methyl sites for hydroxylation is 1. The van der Waals surface area contributed by atoms with Crippen LogP contribution in [-0.4, -0.2) is 4.98 Å². The van der Waals surface area contributed by atoms with Gasteiger partial charge in [-0.3, -0.25) is 4.98 Å². The molecule has 1 aromatic heterocycles. The van der Waals surface area contributed by atoms with Crippen LogP contribution in [0.2, 0.25) is 10.0 Å². The molecule has 0 saturated heterocycles. The van der Waals surface area contributed by atoms with Gasteiger partial charge in [-0.1, -0.05) is 23.2 Å². The number of pyridine rings is 1. The van der Waals surface area contributed by atoms with Crippen LogP contribution in [-0.2, 0) is 0 Å². The minimum atomic E-state index is -0.368. The van der Waals surface area contributed by atoms with E-state index in [4.69, 9.17) is 23.2 Å². The third-order valence-electron chi connectivity index (χ3n) is 2.07. The lowest BCUT2D eigenvalue weighted by Gasteiger charge is -2.06. The fourth-order valence-electron chi connectivity index (χ4n) is 1.31. The number of nitrogens with zero attached hydrogens (tertiary/aromatic N) is 1. The predicted octanol–water partition coefficient (Wildman–Crippen LogP) is 4.75. The van der Waals surface area contributed by atoms with Crippen LogP contribution in [0, 0.1) is 12.7 Å². The molecule has 0 aliphatic rings. The van der Waals surface area contributed by atoms with E-state index in [1.807, 2.05) is 0 Å². The van der Waals surface area contributed by atoms with Crippen molar-refractivity contribution in [3.63, 3.8) is 0 Å². The molecule has 0 atom stereocenters. The number of halogens is 4. The smallest absolute Gasteiger partial charge is 0.139 e. The molecule has 1 heterocycles. The van der Waals surface area contributed by atoms with E-state index < -0.39 is 0 Å². The monoisotopic (exact) mass is 307 g/mol. The van der Waals surface area contributed by atoms with Crippen molar-refractivity contribution >= 4 is 50.0 Å². The molecule has 0 fully saturated rings. The zero-order valence-electron chi connectivity index (χ0n) is 7.61. The molecule has 0 N–H and O–H groups in total. The average molecular weight is 309 g/mol. The summed E-state index contributed by atoms with van der Waals surface area (Å²) >= 11 is 15.1. The summed E-state index contributed by atoms with van der Waals surface area (Å²) in [6, 6.07) is 2.90. The predicted molar refractivity (Wildman–Crippen MR) is 64.2 cm³/mol. The van der Waals surface area contributed by atoms with E-state index in [2.05, 4.69) is 20.9 Å². The number of hydrogen-bond donors (Lipinski definition) is 0. The van der Waals surface area contributed by atoms with E-state index in [1.165, 1.54) is 6.07 Å². The Morgan fingerprint density at radius 3 is 2.60 bits per heavy atom. The van der Waals surface area contributed by atoms with Crippen molar-refractivity contribution < 1.29 is 4.39 Å². The molecular weight excluding hydrogens is 304 g/mol. The van der Waals surface area contributed by atoms with E-state index in [9.17, 15) is 4.39 Å². The number of aromatic nitrogens is 1. The van der Waals surface area contributed by atoms with Gasteiger partial charge in [-0.15, -0.1) is 0 Å². The number of hydrogen-bond acceptors (Lipinski definition) is 1. The Hall–Kier alpha value is -0.380. The fraction of sp³-hybridized carbons (Fsp3) is 0.100. The van der Waals surface area contributed by atoms with Crippen LogP contribution >= 0.6 is 39.1 Å². The summed E-state index contributed by atoms with van der Waals surface area (Å²) < 4.78 is 13.6. The third kappa shape index (κ3) is 1.84. The molecule has 0 aliphatic heterocycles. The van der Waals surface area contributed by atoms with Crippen LogP contribution in [0.3, 0.4) is 0 Å². The molecular formula is C10H5BrCl2FN. The molecule has 1 nitrogen and oxygen atoms in total. The molecule has 0 spiro atoms. The number of fused-ring (bicyclic) bond motifs is 1. The molecule has 0 radical (unpaired) electrons. The van der Waals surface area contributed by atoms with Gasteiger partial charge in [0.05, 0.1) is 25.7 Å². The Kier molecular flexibility index (Phi) is 2.88. The minimum Gasteiger partial charge on any atom is -0.251 e. The second kappa shape index (κ2) is 3.89. The highest BCUT2D eigenvalue weighted by Gasteiger charge is 2.11.